The van der Waals surface area contributed by atoms with Crippen molar-refractivity contribution in [2.45, 2.75) is 26.3 Å². The Kier molecular flexibility index (Phi) is 6.33. The smallest absolute Gasteiger partial charge is 0.171 e. The summed E-state index contributed by atoms with van der Waals surface area (Å²) in [6, 6.07) is 16.6. The topological polar surface area (TPSA) is 49.4 Å². The summed E-state index contributed by atoms with van der Waals surface area (Å²) < 4.78 is 5.41. The highest BCUT2D eigenvalue weighted by molar-refractivity contribution is 7.80. The van der Waals surface area contributed by atoms with Gasteiger partial charge < -0.3 is 20.3 Å². The van der Waals surface area contributed by atoms with E-state index in [1.54, 1.807) is 13.3 Å². The van der Waals surface area contributed by atoms with E-state index in [0.29, 0.717) is 11.7 Å². The van der Waals surface area contributed by atoms with Crippen molar-refractivity contribution >= 4 is 39.6 Å². The minimum absolute atomic E-state index is 0.583. The van der Waals surface area contributed by atoms with Crippen molar-refractivity contribution in [3.63, 3.8) is 0 Å². The van der Waals surface area contributed by atoms with E-state index >= 15 is 0 Å². The maximum absolute atomic E-state index is 5.52. The molecule has 156 valence electrons. The number of methoxy groups -OCH3 is 1. The van der Waals surface area contributed by atoms with Crippen molar-refractivity contribution in [3.05, 3.63) is 60.3 Å². The lowest BCUT2D eigenvalue weighted by Crippen LogP contribution is -2.34. The zero-order chi connectivity index (χ0) is 20.9. The second kappa shape index (κ2) is 9.30. The van der Waals surface area contributed by atoms with E-state index in [4.69, 9.17) is 17.0 Å². The van der Waals surface area contributed by atoms with Gasteiger partial charge in [0.05, 0.1) is 7.11 Å². The van der Waals surface area contributed by atoms with Gasteiger partial charge in [-0.1, -0.05) is 19.1 Å². The van der Waals surface area contributed by atoms with Gasteiger partial charge in [0.15, 0.2) is 5.11 Å². The molecule has 2 heterocycles. The maximum Gasteiger partial charge on any atom is 0.171 e. The Balaban J connectivity index is 1.37. The molecule has 1 aromatic heterocycles. The van der Waals surface area contributed by atoms with Gasteiger partial charge in [-0.25, -0.2) is 0 Å². The third-order valence-electron chi connectivity index (χ3n) is 5.61. The Morgan fingerprint density at radius 2 is 2.03 bits per heavy atom. The maximum atomic E-state index is 5.52. The zero-order valence-corrected chi connectivity index (χ0v) is 18.3. The summed E-state index contributed by atoms with van der Waals surface area (Å²) in [5.41, 5.74) is 4.24. The number of hydrogen-bond acceptors (Lipinski definition) is 4. The molecule has 1 aliphatic heterocycles. The monoisotopic (exact) mass is 420 g/mol. The largest absolute Gasteiger partial charge is 0.494 e. The van der Waals surface area contributed by atoms with Crippen LogP contribution in [-0.4, -0.2) is 30.3 Å². The molecule has 3 aromatic rings. The van der Waals surface area contributed by atoms with Gasteiger partial charge in [-0.3, -0.25) is 4.98 Å². The Morgan fingerprint density at radius 1 is 1.20 bits per heavy atom. The number of rotatable bonds is 5. The number of aromatic nitrogens is 1. The number of anilines is 2. The third kappa shape index (κ3) is 4.65. The summed E-state index contributed by atoms with van der Waals surface area (Å²) in [5.74, 6) is 1.52. The SMILES string of the molecule is COc1ccc(NC(=S)NCc2ccc(N3CCCC(C)C3)cc2)c2cccnc12. The lowest BCUT2D eigenvalue weighted by atomic mass is 9.99. The van der Waals surface area contributed by atoms with Gasteiger partial charge in [-0.2, -0.15) is 0 Å². The number of nitrogens with one attached hydrogen (secondary N) is 2. The minimum atomic E-state index is 0.583. The van der Waals surface area contributed by atoms with Crippen LogP contribution in [0.2, 0.25) is 0 Å². The van der Waals surface area contributed by atoms with Crippen LogP contribution < -0.4 is 20.3 Å². The summed E-state index contributed by atoms with van der Waals surface area (Å²) in [4.78, 5) is 6.92. The highest BCUT2D eigenvalue weighted by atomic mass is 32.1. The normalized spacial score (nSPS) is 16.3. The van der Waals surface area contributed by atoms with Crippen LogP contribution in [0.15, 0.2) is 54.7 Å². The van der Waals surface area contributed by atoms with Crippen molar-refractivity contribution < 1.29 is 4.74 Å². The van der Waals surface area contributed by atoms with Crippen LogP contribution in [0.25, 0.3) is 10.9 Å². The first-order chi connectivity index (χ1) is 14.6. The van der Waals surface area contributed by atoms with Crippen LogP contribution in [0.1, 0.15) is 25.3 Å². The number of ether oxygens (including phenoxy) is 1. The summed E-state index contributed by atoms with van der Waals surface area (Å²) in [7, 11) is 1.65. The summed E-state index contributed by atoms with van der Waals surface area (Å²) in [6.07, 6.45) is 4.38. The van der Waals surface area contributed by atoms with Gasteiger partial charge in [0.25, 0.3) is 0 Å². The molecule has 1 atom stereocenters. The molecular formula is C24H28N4OS. The first kappa shape index (κ1) is 20.4. The van der Waals surface area contributed by atoms with Crippen LogP contribution in [0.3, 0.4) is 0 Å². The molecule has 2 aromatic carbocycles. The van der Waals surface area contributed by atoms with Gasteiger partial charge in [-0.05, 0) is 72.9 Å². The minimum Gasteiger partial charge on any atom is -0.494 e. The average molecular weight is 421 g/mol. The van der Waals surface area contributed by atoms with Crippen molar-refractivity contribution in [1.82, 2.24) is 10.3 Å². The summed E-state index contributed by atoms with van der Waals surface area (Å²) >= 11 is 5.52. The number of fused-ring (bicyclic) bond motifs is 1. The Bertz CT molecular complexity index is 1020. The molecule has 5 nitrogen and oxygen atoms in total. The molecule has 30 heavy (non-hydrogen) atoms. The Hall–Kier alpha value is -2.86. The van der Waals surface area contributed by atoms with E-state index in [1.165, 1.54) is 24.1 Å². The molecule has 0 spiro atoms. The summed E-state index contributed by atoms with van der Waals surface area (Å²) in [6.45, 7) is 5.31. The van der Waals surface area contributed by atoms with E-state index in [-0.39, 0.29) is 0 Å². The van der Waals surface area contributed by atoms with Crippen LogP contribution in [0.5, 0.6) is 5.75 Å². The quantitative estimate of drug-likeness (QED) is 0.569. The van der Waals surface area contributed by atoms with E-state index in [9.17, 15) is 0 Å². The molecule has 2 N–H and O–H groups in total. The van der Waals surface area contributed by atoms with E-state index in [0.717, 1.165) is 41.3 Å². The lowest BCUT2D eigenvalue weighted by molar-refractivity contribution is 0.419. The summed E-state index contributed by atoms with van der Waals surface area (Å²) in [5, 5.41) is 8.15. The number of benzene rings is 2. The van der Waals surface area contributed by atoms with Crippen molar-refractivity contribution in [2.24, 2.45) is 5.92 Å². The lowest BCUT2D eigenvalue weighted by Gasteiger charge is -2.32. The van der Waals surface area contributed by atoms with Crippen molar-refractivity contribution in [1.29, 1.82) is 0 Å². The van der Waals surface area contributed by atoms with Gasteiger partial charge in [0, 0.05) is 42.6 Å². The van der Waals surface area contributed by atoms with E-state index in [1.807, 2.05) is 24.3 Å². The fraction of sp³-hybridized carbons (Fsp3) is 0.333. The van der Waals surface area contributed by atoms with Crippen LogP contribution in [0.4, 0.5) is 11.4 Å². The van der Waals surface area contributed by atoms with Gasteiger partial charge in [0.2, 0.25) is 0 Å². The van der Waals surface area contributed by atoms with Crippen LogP contribution in [0, 0.1) is 5.92 Å². The second-order valence-corrected chi connectivity index (χ2v) is 8.29. The molecule has 0 aliphatic carbocycles. The molecule has 0 saturated carbocycles. The standard InChI is InChI=1S/C24H28N4OS/c1-17-5-4-14-28(16-17)19-9-7-18(8-10-19)15-26-24(30)27-21-11-12-22(29-2)23-20(21)6-3-13-25-23/h3,6-13,17H,4-5,14-16H2,1-2H3,(H2,26,27,30). The molecule has 6 heteroatoms. The number of piperidine rings is 1. The second-order valence-electron chi connectivity index (χ2n) is 7.88. The van der Waals surface area contributed by atoms with E-state index in [2.05, 4.69) is 51.7 Å². The highest BCUT2D eigenvalue weighted by Crippen LogP contribution is 2.29. The molecule has 1 unspecified atom stereocenters. The van der Waals surface area contributed by atoms with Gasteiger partial charge >= 0.3 is 0 Å². The number of nitrogens with zero attached hydrogens (tertiary/aromatic N) is 2. The third-order valence-corrected chi connectivity index (χ3v) is 5.86. The number of thiocarbonyl (C=S) groups is 1. The van der Waals surface area contributed by atoms with Crippen LogP contribution in [-0.2, 0) is 6.54 Å². The fourth-order valence-corrected chi connectivity index (χ4v) is 4.20. The Labute approximate surface area is 183 Å². The molecule has 0 bridgehead atoms. The number of pyridine rings is 1. The predicted molar refractivity (Wildman–Crippen MR) is 128 cm³/mol. The number of hydrogen-bond donors (Lipinski definition) is 2. The first-order valence-electron chi connectivity index (χ1n) is 10.4. The molecule has 0 radical (unpaired) electrons. The molecule has 4 rings (SSSR count). The molecule has 1 fully saturated rings. The highest BCUT2D eigenvalue weighted by Gasteiger charge is 2.16. The van der Waals surface area contributed by atoms with E-state index < -0.39 is 0 Å². The average Bonchev–Trinajstić information content (AvgIpc) is 2.78. The first-order valence-corrected chi connectivity index (χ1v) is 10.9. The zero-order valence-electron chi connectivity index (χ0n) is 17.5. The van der Waals surface area contributed by atoms with Gasteiger partial charge in [0.1, 0.15) is 11.3 Å². The molecule has 0 amide bonds. The van der Waals surface area contributed by atoms with Crippen molar-refractivity contribution in [3.8, 4) is 5.75 Å². The fourth-order valence-electron chi connectivity index (χ4n) is 4.02. The molecular weight excluding hydrogens is 392 g/mol. The van der Waals surface area contributed by atoms with Crippen LogP contribution >= 0.6 is 12.2 Å². The predicted octanol–water partition coefficient (Wildman–Crippen LogP) is 4.97. The van der Waals surface area contributed by atoms with Crippen molar-refractivity contribution in [2.75, 3.05) is 30.4 Å². The Morgan fingerprint density at radius 3 is 2.80 bits per heavy atom. The molecule has 1 aliphatic rings. The van der Waals surface area contributed by atoms with Gasteiger partial charge in [-0.15, -0.1) is 0 Å². The molecule has 1 saturated heterocycles.